The second-order valence-electron chi connectivity index (χ2n) is 6.03. The summed E-state index contributed by atoms with van der Waals surface area (Å²) in [6, 6.07) is 12.3. The van der Waals surface area contributed by atoms with Gasteiger partial charge in [0.15, 0.2) is 0 Å². The van der Waals surface area contributed by atoms with E-state index in [-0.39, 0.29) is 0 Å². The number of hydrogen-bond acceptors (Lipinski definition) is 2. The number of methoxy groups -OCH3 is 1. The molecule has 0 unspecified atom stereocenters. The Hall–Kier alpha value is -1.68. The van der Waals surface area contributed by atoms with E-state index in [1.165, 1.54) is 16.6 Å². The SMILES string of the molecule is COc1cc(Cl)c(-c2ccc3c(c2)cc2n3CCNCC2)c(Cl)c1. The Morgan fingerprint density at radius 3 is 2.58 bits per heavy atom. The van der Waals surface area contributed by atoms with Gasteiger partial charge in [0.25, 0.3) is 0 Å². The maximum absolute atomic E-state index is 6.44. The van der Waals surface area contributed by atoms with Crippen LogP contribution in [0.1, 0.15) is 5.69 Å². The van der Waals surface area contributed by atoms with Gasteiger partial charge in [-0.1, -0.05) is 29.3 Å². The van der Waals surface area contributed by atoms with E-state index < -0.39 is 0 Å². The van der Waals surface area contributed by atoms with Gasteiger partial charge in [-0.2, -0.15) is 0 Å². The zero-order valence-corrected chi connectivity index (χ0v) is 14.9. The van der Waals surface area contributed by atoms with E-state index in [2.05, 4.69) is 34.1 Å². The maximum atomic E-state index is 6.44. The second-order valence-corrected chi connectivity index (χ2v) is 6.84. The van der Waals surface area contributed by atoms with Gasteiger partial charge in [-0.25, -0.2) is 0 Å². The lowest BCUT2D eigenvalue weighted by Crippen LogP contribution is -2.17. The Bertz CT molecular complexity index is 894. The molecule has 1 N–H and O–H groups in total. The minimum Gasteiger partial charge on any atom is -0.497 e. The first-order chi connectivity index (χ1) is 11.7. The average Bonchev–Trinajstić information content (AvgIpc) is 2.74. The molecule has 0 saturated carbocycles. The first-order valence-corrected chi connectivity index (χ1v) is 8.79. The van der Waals surface area contributed by atoms with Crippen molar-refractivity contribution in [3.63, 3.8) is 0 Å². The van der Waals surface area contributed by atoms with Crippen molar-refractivity contribution >= 4 is 34.1 Å². The molecule has 0 atom stereocenters. The molecular formula is C19H18Cl2N2O. The molecule has 0 aliphatic carbocycles. The quantitative estimate of drug-likeness (QED) is 0.712. The molecular weight excluding hydrogens is 343 g/mol. The van der Waals surface area contributed by atoms with Crippen LogP contribution in [0.15, 0.2) is 36.4 Å². The smallest absolute Gasteiger partial charge is 0.121 e. The summed E-state index contributed by atoms with van der Waals surface area (Å²) in [5.41, 5.74) is 4.51. The summed E-state index contributed by atoms with van der Waals surface area (Å²) < 4.78 is 7.62. The summed E-state index contributed by atoms with van der Waals surface area (Å²) in [7, 11) is 1.61. The zero-order valence-electron chi connectivity index (χ0n) is 13.4. The number of benzene rings is 2. The largest absolute Gasteiger partial charge is 0.497 e. The first-order valence-electron chi connectivity index (χ1n) is 8.03. The van der Waals surface area contributed by atoms with Crippen LogP contribution in [0, 0.1) is 0 Å². The number of aromatic nitrogens is 1. The van der Waals surface area contributed by atoms with E-state index in [0.29, 0.717) is 15.8 Å². The molecule has 1 aliphatic rings. The van der Waals surface area contributed by atoms with Crippen LogP contribution in [0.25, 0.3) is 22.0 Å². The minimum absolute atomic E-state index is 0.601. The number of rotatable bonds is 2. The van der Waals surface area contributed by atoms with E-state index in [1.54, 1.807) is 19.2 Å². The van der Waals surface area contributed by atoms with Crippen molar-refractivity contribution in [1.82, 2.24) is 9.88 Å². The summed E-state index contributed by atoms with van der Waals surface area (Å²) >= 11 is 12.9. The lowest BCUT2D eigenvalue weighted by molar-refractivity contribution is 0.415. The van der Waals surface area contributed by atoms with E-state index >= 15 is 0 Å². The van der Waals surface area contributed by atoms with Gasteiger partial charge in [-0.15, -0.1) is 0 Å². The third kappa shape index (κ3) is 2.67. The fraction of sp³-hybridized carbons (Fsp3) is 0.263. The molecule has 0 saturated heterocycles. The summed E-state index contributed by atoms with van der Waals surface area (Å²) in [6.07, 6.45) is 1.05. The molecule has 1 aliphatic heterocycles. The molecule has 0 radical (unpaired) electrons. The second kappa shape index (κ2) is 6.32. The van der Waals surface area contributed by atoms with Gasteiger partial charge in [0.1, 0.15) is 5.75 Å². The van der Waals surface area contributed by atoms with Crippen LogP contribution >= 0.6 is 23.2 Å². The predicted octanol–water partition coefficient (Wildman–Crippen LogP) is 4.77. The fourth-order valence-electron chi connectivity index (χ4n) is 3.43. The molecule has 5 heteroatoms. The highest BCUT2D eigenvalue weighted by atomic mass is 35.5. The lowest BCUT2D eigenvalue weighted by Gasteiger charge is -2.11. The third-order valence-corrected chi connectivity index (χ3v) is 5.19. The number of halogens is 2. The Kier molecular flexibility index (Phi) is 4.17. The molecule has 2 heterocycles. The first kappa shape index (κ1) is 15.8. The molecule has 0 bridgehead atoms. The van der Waals surface area contributed by atoms with Crippen LogP contribution in [0.5, 0.6) is 5.75 Å². The highest BCUT2D eigenvalue weighted by Crippen LogP contribution is 2.39. The van der Waals surface area contributed by atoms with Crippen LogP contribution < -0.4 is 10.1 Å². The molecule has 3 nitrogen and oxygen atoms in total. The molecule has 0 fully saturated rings. The van der Waals surface area contributed by atoms with Crippen molar-refractivity contribution < 1.29 is 4.74 Å². The summed E-state index contributed by atoms with van der Waals surface area (Å²) in [5, 5.41) is 5.87. The Morgan fingerprint density at radius 2 is 1.83 bits per heavy atom. The topological polar surface area (TPSA) is 26.2 Å². The van der Waals surface area contributed by atoms with E-state index in [4.69, 9.17) is 27.9 Å². The molecule has 2 aromatic carbocycles. The van der Waals surface area contributed by atoms with Gasteiger partial charge in [0.2, 0.25) is 0 Å². The van der Waals surface area contributed by atoms with Crippen LogP contribution in [0.2, 0.25) is 10.0 Å². The average molecular weight is 361 g/mol. The molecule has 24 heavy (non-hydrogen) atoms. The Morgan fingerprint density at radius 1 is 1.04 bits per heavy atom. The number of fused-ring (bicyclic) bond motifs is 3. The number of nitrogens with zero attached hydrogens (tertiary/aromatic N) is 1. The van der Waals surface area contributed by atoms with Gasteiger partial charge >= 0.3 is 0 Å². The zero-order chi connectivity index (χ0) is 16.7. The maximum Gasteiger partial charge on any atom is 0.121 e. The predicted molar refractivity (Wildman–Crippen MR) is 101 cm³/mol. The third-order valence-electron chi connectivity index (χ3n) is 4.60. The van der Waals surface area contributed by atoms with Gasteiger partial charge in [-0.3, -0.25) is 0 Å². The molecule has 3 aromatic rings. The van der Waals surface area contributed by atoms with Crippen LogP contribution in [-0.2, 0) is 13.0 Å². The van der Waals surface area contributed by atoms with Crippen LogP contribution in [-0.4, -0.2) is 24.8 Å². The van der Waals surface area contributed by atoms with Crippen molar-refractivity contribution in [2.24, 2.45) is 0 Å². The summed E-state index contributed by atoms with van der Waals surface area (Å²) in [6.45, 7) is 3.04. The summed E-state index contributed by atoms with van der Waals surface area (Å²) in [5.74, 6) is 0.665. The molecule has 1 aromatic heterocycles. The molecule has 0 amide bonds. The van der Waals surface area contributed by atoms with Crippen molar-refractivity contribution in [2.45, 2.75) is 13.0 Å². The van der Waals surface area contributed by atoms with E-state index in [1.807, 2.05) is 0 Å². The minimum atomic E-state index is 0.601. The summed E-state index contributed by atoms with van der Waals surface area (Å²) in [4.78, 5) is 0. The van der Waals surface area contributed by atoms with Gasteiger partial charge in [0.05, 0.1) is 17.2 Å². The number of hydrogen-bond donors (Lipinski definition) is 1. The van der Waals surface area contributed by atoms with Crippen molar-refractivity contribution in [1.29, 1.82) is 0 Å². The number of ether oxygens (including phenoxy) is 1. The standard InChI is InChI=1S/C19H18Cl2N2O/c1-24-15-10-16(20)19(17(21)11-15)12-2-3-18-13(8-12)9-14-4-5-22-6-7-23(14)18/h2-3,8-11,22H,4-7H2,1H3. The highest BCUT2D eigenvalue weighted by Gasteiger charge is 2.15. The fourth-order valence-corrected chi connectivity index (χ4v) is 4.12. The van der Waals surface area contributed by atoms with E-state index in [9.17, 15) is 0 Å². The van der Waals surface area contributed by atoms with Crippen molar-refractivity contribution in [2.75, 3.05) is 20.2 Å². The van der Waals surface area contributed by atoms with Gasteiger partial charge in [-0.05, 0) is 35.9 Å². The van der Waals surface area contributed by atoms with Gasteiger partial charge < -0.3 is 14.6 Å². The Balaban J connectivity index is 1.84. The Labute approximate surface area is 151 Å². The van der Waals surface area contributed by atoms with Gasteiger partial charge in [0, 0.05) is 48.2 Å². The normalized spacial score (nSPS) is 14.5. The lowest BCUT2D eigenvalue weighted by atomic mass is 10.0. The number of nitrogens with one attached hydrogen (secondary N) is 1. The van der Waals surface area contributed by atoms with Crippen molar-refractivity contribution in [3.8, 4) is 16.9 Å². The van der Waals surface area contributed by atoms with Crippen LogP contribution in [0.3, 0.4) is 0 Å². The molecule has 4 rings (SSSR count). The van der Waals surface area contributed by atoms with Crippen molar-refractivity contribution in [3.05, 3.63) is 52.1 Å². The molecule has 0 spiro atoms. The van der Waals surface area contributed by atoms with E-state index in [0.717, 1.165) is 37.2 Å². The highest BCUT2D eigenvalue weighted by molar-refractivity contribution is 6.39. The molecule has 124 valence electrons. The van der Waals surface area contributed by atoms with Crippen LogP contribution in [0.4, 0.5) is 0 Å². The monoisotopic (exact) mass is 360 g/mol.